The molecule has 0 aliphatic heterocycles. The Labute approximate surface area is 137 Å². The normalized spacial score (nSPS) is 12.7. The van der Waals surface area contributed by atoms with E-state index in [2.05, 4.69) is 10.3 Å². The van der Waals surface area contributed by atoms with Gasteiger partial charge in [-0.05, 0) is 56.5 Å². The molecule has 23 heavy (non-hydrogen) atoms. The predicted molar refractivity (Wildman–Crippen MR) is 91.1 cm³/mol. The van der Waals surface area contributed by atoms with Crippen molar-refractivity contribution >= 4 is 5.91 Å². The van der Waals surface area contributed by atoms with Gasteiger partial charge in [0.1, 0.15) is 5.60 Å². The SMILES string of the molecule is CCOC(C)(C)C(=O)NC(c1ccncc1)c1ccccc1C. The molecule has 1 atom stereocenters. The number of nitrogens with zero attached hydrogens (tertiary/aromatic N) is 1. The zero-order valence-electron chi connectivity index (χ0n) is 14.2. The summed E-state index contributed by atoms with van der Waals surface area (Å²) in [5, 5.41) is 3.12. The van der Waals surface area contributed by atoms with Gasteiger partial charge in [-0.1, -0.05) is 24.3 Å². The number of hydrogen-bond donors (Lipinski definition) is 1. The Balaban J connectivity index is 2.36. The van der Waals surface area contributed by atoms with E-state index < -0.39 is 5.60 Å². The van der Waals surface area contributed by atoms with E-state index in [1.54, 1.807) is 26.2 Å². The van der Waals surface area contributed by atoms with Crippen LogP contribution in [-0.2, 0) is 9.53 Å². The van der Waals surface area contributed by atoms with Crippen molar-refractivity contribution in [3.63, 3.8) is 0 Å². The van der Waals surface area contributed by atoms with E-state index in [1.807, 2.05) is 50.2 Å². The Morgan fingerprint density at radius 1 is 1.22 bits per heavy atom. The van der Waals surface area contributed by atoms with Crippen LogP contribution in [0.1, 0.15) is 43.5 Å². The van der Waals surface area contributed by atoms with Crippen LogP contribution in [0.3, 0.4) is 0 Å². The second-order valence-corrected chi connectivity index (χ2v) is 5.99. The highest BCUT2D eigenvalue weighted by Crippen LogP contribution is 2.25. The third-order valence-electron chi connectivity index (χ3n) is 3.87. The molecule has 1 heterocycles. The Kier molecular flexibility index (Phi) is 5.50. The molecule has 0 fully saturated rings. The van der Waals surface area contributed by atoms with Crippen LogP contribution in [0.4, 0.5) is 0 Å². The van der Waals surface area contributed by atoms with Crippen molar-refractivity contribution in [1.29, 1.82) is 0 Å². The highest BCUT2D eigenvalue weighted by Gasteiger charge is 2.31. The first-order chi connectivity index (χ1) is 11.0. The van der Waals surface area contributed by atoms with Crippen LogP contribution >= 0.6 is 0 Å². The highest BCUT2D eigenvalue weighted by molar-refractivity contribution is 5.85. The fourth-order valence-corrected chi connectivity index (χ4v) is 2.54. The van der Waals surface area contributed by atoms with Crippen molar-refractivity contribution in [1.82, 2.24) is 10.3 Å². The van der Waals surface area contributed by atoms with Crippen LogP contribution in [0, 0.1) is 6.92 Å². The van der Waals surface area contributed by atoms with E-state index in [9.17, 15) is 4.79 Å². The number of carbonyl (C=O) groups excluding carboxylic acids is 1. The maximum absolute atomic E-state index is 12.7. The molecule has 4 nitrogen and oxygen atoms in total. The first-order valence-corrected chi connectivity index (χ1v) is 7.86. The molecule has 0 bridgehead atoms. The smallest absolute Gasteiger partial charge is 0.252 e. The number of nitrogens with one attached hydrogen (secondary N) is 1. The molecular weight excluding hydrogens is 288 g/mol. The van der Waals surface area contributed by atoms with Crippen molar-refractivity contribution < 1.29 is 9.53 Å². The second kappa shape index (κ2) is 7.38. The number of rotatable bonds is 6. The average Bonchev–Trinajstić information content (AvgIpc) is 2.54. The van der Waals surface area contributed by atoms with Crippen LogP contribution in [0.25, 0.3) is 0 Å². The number of ether oxygens (including phenoxy) is 1. The molecule has 1 unspecified atom stereocenters. The van der Waals surface area contributed by atoms with Gasteiger partial charge < -0.3 is 10.1 Å². The van der Waals surface area contributed by atoms with Crippen molar-refractivity contribution in [3.8, 4) is 0 Å². The number of benzene rings is 1. The number of hydrogen-bond acceptors (Lipinski definition) is 3. The lowest BCUT2D eigenvalue weighted by Crippen LogP contribution is -2.46. The molecule has 4 heteroatoms. The summed E-state index contributed by atoms with van der Waals surface area (Å²) in [6.07, 6.45) is 3.47. The van der Waals surface area contributed by atoms with Gasteiger partial charge in [-0.25, -0.2) is 0 Å². The predicted octanol–water partition coefficient (Wildman–Crippen LogP) is 3.41. The van der Waals surface area contributed by atoms with Crippen LogP contribution in [0.5, 0.6) is 0 Å². The molecule has 1 amide bonds. The number of amides is 1. The molecule has 1 aromatic heterocycles. The zero-order chi connectivity index (χ0) is 16.9. The quantitative estimate of drug-likeness (QED) is 0.889. The van der Waals surface area contributed by atoms with Gasteiger partial charge in [0.15, 0.2) is 0 Å². The monoisotopic (exact) mass is 312 g/mol. The molecular formula is C19H24N2O2. The van der Waals surface area contributed by atoms with Gasteiger partial charge in [0, 0.05) is 19.0 Å². The number of pyridine rings is 1. The third kappa shape index (κ3) is 4.17. The van der Waals surface area contributed by atoms with Crippen molar-refractivity contribution in [2.45, 2.75) is 39.3 Å². The van der Waals surface area contributed by atoms with E-state index in [0.717, 1.165) is 16.7 Å². The lowest BCUT2D eigenvalue weighted by molar-refractivity contribution is -0.142. The standard InChI is InChI=1S/C19H24N2O2/c1-5-23-19(3,4)18(22)21-17(15-10-12-20-13-11-15)16-9-7-6-8-14(16)2/h6-13,17H,5H2,1-4H3,(H,21,22). The van der Waals surface area contributed by atoms with Gasteiger partial charge in [-0.15, -0.1) is 0 Å². The minimum atomic E-state index is -0.872. The summed E-state index contributed by atoms with van der Waals surface area (Å²) in [5.41, 5.74) is 2.32. The molecule has 0 saturated heterocycles. The van der Waals surface area contributed by atoms with Crippen LogP contribution in [-0.4, -0.2) is 23.1 Å². The molecule has 0 aliphatic carbocycles. The number of aryl methyl sites for hydroxylation is 1. The summed E-state index contributed by atoms with van der Waals surface area (Å²) in [4.78, 5) is 16.7. The van der Waals surface area contributed by atoms with Crippen LogP contribution in [0.15, 0.2) is 48.8 Å². The summed E-state index contributed by atoms with van der Waals surface area (Å²) in [6.45, 7) is 7.99. The maximum atomic E-state index is 12.7. The minimum Gasteiger partial charge on any atom is -0.366 e. The molecule has 0 aliphatic rings. The third-order valence-corrected chi connectivity index (χ3v) is 3.87. The van der Waals surface area contributed by atoms with Crippen molar-refractivity contribution in [3.05, 3.63) is 65.5 Å². The van der Waals surface area contributed by atoms with E-state index in [4.69, 9.17) is 4.74 Å². The topological polar surface area (TPSA) is 51.2 Å². The van der Waals surface area contributed by atoms with E-state index in [1.165, 1.54) is 0 Å². The molecule has 1 N–H and O–H groups in total. The highest BCUT2D eigenvalue weighted by atomic mass is 16.5. The summed E-state index contributed by atoms with van der Waals surface area (Å²) in [7, 11) is 0. The van der Waals surface area contributed by atoms with Gasteiger partial charge in [0.05, 0.1) is 6.04 Å². The average molecular weight is 312 g/mol. The van der Waals surface area contributed by atoms with E-state index in [-0.39, 0.29) is 11.9 Å². The fraction of sp³-hybridized carbons (Fsp3) is 0.368. The fourth-order valence-electron chi connectivity index (χ4n) is 2.54. The summed E-state index contributed by atoms with van der Waals surface area (Å²) < 4.78 is 5.57. The van der Waals surface area contributed by atoms with E-state index >= 15 is 0 Å². The first kappa shape index (κ1) is 17.2. The molecule has 2 rings (SSSR count). The largest absolute Gasteiger partial charge is 0.366 e. The van der Waals surface area contributed by atoms with Gasteiger partial charge in [-0.2, -0.15) is 0 Å². The molecule has 122 valence electrons. The summed E-state index contributed by atoms with van der Waals surface area (Å²) >= 11 is 0. The Morgan fingerprint density at radius 3 is 2.48 bits per heavy atom. The molecule has 2 aromatic rings. The van der Waals surface area contributed by atoms with Gasteiger partial charge in [0.25, 0.3) is 5.91 Å². The van der Waals surface area contributed by atoms with Gasteiger partial charge in [0.2, 0.25) is 0 Å². The summed E-state index contributed by atoms with van der Waals surface area (Å²) in [6, 6.07) is 11.7. The second-order valence-electron chi connectivity index (χ2n) is 5.99. The number of carbonyl (C=O) groups is 1. The molecule has 1 aromatic carbocycles. The maximum Gasteiger partial charge on any atom is 0.252 e. The van der Waals surface area contributed by atoms with Gasteiger partial charge >= 0.3 is 0 Å². The molecule has 0 spiro atoms. The molecule has 0 saturated carbocycles. The Bertz CT molecular complexity index is 653. The lowest BCUT2D eigenvalue weighted by Gasteiger charge is -2.28. The zero-order valence-corrected chi connectivity index (χ0v) is 14.2. The molecule has 0 radical (unpaired) electrons. The summed E-state index contributed by atoms with van der Waals surface area (Å²) in [5.74, 6) is -0.135. The Hall–Kier alpha value is -2.20. The Morgan fingerprint density at radius 2 is 1.87 bits per heavy atom. The van der Waals surface area contributed by atoms with Crippen molar-refractivity contribution in [2.75, 3.05) is 6.61 Å². The first-order valence-electron chi connectivity index (χ1n) is 7.86. The number of aromatic nitrogens is 1. The van der Waals surface area contributed by atoms with E-state index in [0.29, 0.717) is 6.61 Å². The lowest BCUT2D eigenvalue weighted by atomic mass is 9.94. The van der Waals surface area contributed by atoms with Gasteiger partial charge in [-0.3, -0.25) is 9.78 Å². The minimum absolute atomic E-state index is 0.135. The van der Waals surface area contributed by atoms with Crippen molar-refractivity contribution in [2.24, 2.45) is 0 Å². The van der Waals surface area contributed by atoms with Crippen LogP contribution < -0.4 is 5.32 Å². The van der Waals surface area contributed by atoms with Crippen LogP contribution in [0.2, 0.25) is 0 Å².